The van der Waals surface area contributed by atoms with Gasteiger partial charge in [-0.15, -0.1) is 0 Å². The summed E-state index contributed by atoms with van der Waals surface area (Å²) < 4.78 is 0. The first-order valence-electron chi connectivity index (χ1n) is 6.91. The Kier molecular flexibility index (Phi) is 3.01. The van der Waals surface area contributed by atoms with Gasteiger partial charge in [-0.3, -0.25) is 9.59 Å². The van der Waals surface area contributed by atoms with E-state index in [2.05, 4.69) is 4.90 Å². The Morgan fingerprint density at radius 3 is 2.78 bits per heavy atom. The highest BCUT2D eigenvalue weighted by molar-refractivity contribution is 5.86. The summed E-state index contributed by atoms with van der Waals surface area (Å²) in [7, 11) is 0. The number of hydrogen-bond donors (Lipinski definition) is 1. The van der Waals surface area contributed by atoms with E-state index in [4.69, 9.17) is 5.11 Å². The van der Waals surface area contributed by atoms with Gasteiger partial charge < -0.3 is 14.9 Å². The van der Waals surface area contributed by atoms with Crippen molar-refractivity contribution in [3.05, 3.63) is 0 Å². The van der Waals surface area contributed by atoms with Crippen LogP contribution in [-0.2, 0) is 9.59 Å². The number of piperidine rings is 1. The van der Waals surface area contributed by atoms with Crippen molar-refractivity contribution in [3.8, 4) is 0 Å². The normalized spacial score (nSPS) is 37.0. The molecule has 0 aromatic carbocycles. The van der Waals surface area contributed by atoms with Gasteiger partial charge in [-0.2, -0.15) is 0 Å². The van der Waals surface area contributed by atoms with Gasteiger partial charge in [0, 0.05) is 31.6 Å². The standard InChI is InChI=1S/C13H20N2O3/c16-12-6-9(13(17)18)8-15(12)11-3-5-14-4-1-2-10(14)7-11/h9-11H,1-8H2,(H,17,18). The van der Waals surface area contributed by atoms with Crippen molar-refractivity contribution in [1.82, 2.24) is 9.80 Å². The summed E-state index contributed by atoms with van der Waals surface area (Å²) in [4.78, 5) is 27.3. The van der Waals surface area contributed by atoms with Crippen LogP contribution in [0.25, 0.3) is 0 Å². The van der Waals surface area contributed by atoms with Gasteiger partial charge in [-0.1, -0.05) is 0 Å². The van der Waals surface area contributed by atoms with Crippen molar-refractivity contribution < 1.29 is 14.7 Å². The number of carbonyl (C=O) groups is 2. The zero-order chi connectivity index (χ0) is 12.7. The van der Waals surface area contributed by atoms with Crippen LogP contribution in [0.5, 0.6) is 0 Å². The summed E-state index contributed by atoms with van der Waals surface area (Å²) in [6.07, 6.45) is 4.75. The molecule has 3 aliphatic rings. The molecule has 100 valence electrons. The fraction of sp³-hybridized carbons (Fsp3) is 0.846. The second-order valence-electron chi connectivity index (χ2n) is 5.80. The number of hydrogen-bond acceptors (Lipinski definition) is 3. The Morgan fingerprint density at radius 2 is 2.06 bits per heavy atom. The molecular weight excluding hydrogens is 232 g/mol. The maximum absolute atomic E-state index is 11.9. The Labute approximate surface area is 107 Å². The summed E-state index contributed by atoms with van der Waals surface area (Å²) in [5.74, 6) is -1.28. The largest absolute Gasteiger partial charge is 0.481 e. The lowest BCUT2D eigenvalue weighted by atomic mass is 9.96. The maximum atomic E-state index is 11.9. The molecule has 0 aliphatic carbocycles. The van der Waals surface area contributed by atoms with Crippen LogP contribution in [0.4, 0.5) is 0 Å². The molecule has 18 heavy (non-hydrogen) atoms. The van der Waals surface area contributed by atoms with E-state index >= 15 is 0 Å². The molecule has 3 fully saturated rings. The molecule has 1 amide bonds. The van der Waals surface area contributed by atoms with Gasteiger partial charge in [-0.25, -0.2) is 0 Å². The highest BCUT2D eigenvalue weighted by atomic mass is 16.4. The van der Waals surface area contributed by atoms with Crippen LogP contribution in [0, 0.1) is 5.92 Å². The molecule has 0 aromatic rings. The highest BCUT2D eigenvalue weighted by Gasteiger charge is 2.41. The predicted octanol–water partition coefficient (Wildman–Crippen LogP) is 0.546. The third kappa shape index (κ3) is 2.00. The van der Waals surface area contributed by atoms with Crippen molar-refractivity contribution in [3.63, 3.8) is 0 Å². The van der Waals surface area contributed by atoms with Crippen LogP contribution in [0.15, 0.2) is 0 Å². The topological polar surface area (TPSA) is 60.9 Å². The van der Waals surface area contributed by atoms with E-state index in [1.807, 2.05) is 4.90 Å². The number of carboxylic acid groups (broad SMARTS) is 1. The molecule has 0 aromatic heterocycles. The van der Waals surface area contributed by atoms with Crippen LogP contribution < -0.4 is 0 Å². The number of fused-ring (bicyclic) bond motifs is 1. The van der Waals surface area contributed by atoms with Crippen LogP contribution in [0.1, 0.15) is 32.1 Å². The van der Waals surface area contributed by atoms with Crippen molar-refractivity contribution >= 4 is 11.9 Å². The summed E-state index contributed by atoms with van der Waals surface area (Å²) >= 11 is 0. The maximum Gasteiger partial charge on any atom is 0.308 e. The summed E-state index contributed by atoms with van der Waals surface area (Å²) in [6, 6.07) is 0.904. The van der Waals surface area contributed by atoms with Crippen molar-refractivity contribution in [1.29, 1.82) is 0 Å². The zero-order valence-corrected chi connectivity index (χ0v) is 10.5. The number of likely N-dealkylation sites (tertiary alicyclic amines) is 1. The average molecular weight is 252 g/mol. The number of aliphatic carboxylic acids is 1. The zero-order valence-electron chi connectivity index (χ0n) is 10.5. The molecule has 3 unspecified atom stereocenters. The molecule has 3 rings (SSSR count). The van der Waals surface area contributed by atoms with Gasteiger partial charge >= 0.3 is 5.97 Å². The van der Waals surface area contributed by atoms with Crippen LogP contribution in [0.3, 0.4) is 0 Å². The molecule has 0 bridgehead atoms. The minimum atomic E-state index is -0.829. The van der Waals surface area contributed by atoms with Crippen molar-refractivity contribution in [2.24, 2.45) is 5.92 Å². The second-order valence-corrected chi connectivity index (χ2v) is 5.80. The molecule has 3 heterocycles. The Balaban J connectivity index is 1.65. The SMILES string of the molecule is O=C(O)C1CC(=O)N(C2CCN3CCCC3C2)C1. The highest BCUT2D eigenvalue weighted by Crippen LogP contribution is 2.32. The Bertz CT molecular complexity index is 371. The van der Waals surface area contributed by atoms with Crippen molar-refractivity contribution in [2.75, 3.05) is 19.6 Å². The monoisotopic (exact) mass is 252 g/mol. The minimum Gasteiger partial charge on any atom is -0.481 e. The molecule has 3 aliphatic heterocycles. The molecule has 3 atom stereocenters. The predicted molar refractivity (Wildman–Crippen MR) is 65.1 cm³/mol. The number of rotatable bonds is 2. The van der Waals surface area contributed by atoms with Crippen molar-refractivity contribution in [2.45, 2.75) is 44.2 Å². The van der Waals surface area contributed by atoms with Crippen LogP contribution >= 0.6 is 0 Å². The Hall–Kier alpha value is -1.10. The van der Waals surface area contributed by atoms with E-state index in [1.165, 1.54) is 19.4 Å². The quantitative estimate of drug-likeness (QED) is 0.779. The molecule has 5 heteroatoms. The van der Waals surface area contributed by atoms with E-state index in [0.717, 1.165) is 19.4 Å². The minimum absolute atomic E-state index is 0.0406. The lowest BCUT2D eigenvalue weighted by Crippen LogP contribution is -2.48. The second kappa shape index (κ2) is 4.53. The number of amides is 1. The first-order chi connectivity index (χ1) is 8.65. The van der Waals surface area contributed by atoms with E-state index in [1.54, 1.807) is 0 Å². The third-order valence-electron chi connectivity index (χ3n) is 4.74. The molecular formula is C13H20N2O3. The van der Waals surface area contributed by atoms with E-state index in [9.17, 15) is 9.59 Å². The fourth-order valence-corrected chi connectivity index (χ4v) is 3.74. The summed E-state index contributed by atoms with van der Waals surface area (Å²) in [5.41, 5.74) is 0. The molecule has 0 saturated carbocycles. The first-order valence-corrected chi connectivity index (χ1v) is 6.91. The summed E-state index contributed by atoms with van der Waals surface area (Å²) in [6.45, 7) is 2.69. The van der Waals surface area contributed by atoms with Crippen LogP contribution in [-0.4, -0.2) is 58.5 Å². The van der Waals surface area contributed by atoms with E-state index in [-0.39, 0.29) is 18.4 Å². The molecule has 3 saturated heterocycles. The molecule has 5 nitrogen and oxygen atoms in total. The molecule has 1 N–H and O–H groups in total. The third-order valence-corrected chi connectivity index (χ3v) is 4.74. The average Bonchev–Trinajstić information content (AvgIpc) is 2.93. The number of carboxylic acids is 1. The van der Waals surface area contributed by atoms with E-state index < -0.39 is 11.9 Å². The van der Waals surface area contributed by atoms with Gasteiger partial charge in [0.2, 0.25) is 5.91 Å². The molecule has 0 radical (unpaired) electrons. The van der Waals surface area contributed by atoms with Gasteiger partial charge in [0.15, 0.2) is 0 Å². The summed E-state index contributed by atoms with van der Waals surface area (Å²) in [5, 5.41) is 9.01. The lowest BCUT2D eigenvalue weighted by molar-refractivity contribution is -0.141. The smallest absolute Gasteiger partial charge is 0.308 e. The van der Waals surface area contributed by atoms with Gasteiger partial charge in [-0.05, 0) is 32.2 Å². The van der Waals surface area contributed by atoms with Gasteiger partial charge in [0.05, 0.1) is 5.92 Å². The first kappa shape index (κ1) is 12.0. The van der Waals surface area contributed by atoms with Gasteiger partial charge in [0.25, 0.3) is 0 Å². The van der Waals surface area contributed by atoms with Gasteiger partial charge in [0.1, 0.15) is 0 Å². The van der Waals surface area contributed by atoms with Crippen LogP contribution in [0.2, 0.25) is 0 Å². The lowest BCUT2D eigenvalue weighted by Gasteiger charge is -2.39. The molecule has 0 spiro atoms. The Morgan fingerprint density at radius 1 is 1.22 bits per heavy atom. The fourth-order valence-electron chi connectivity index (χ4n) is 3.74. The van der Waals surface area contributed by atoms with E-state index in [0.29, 0.717) is 12.6 Å². The number of carbonyl (C=O) groups excluding carboxylic acids is 1. The number of nitrogens with zero attached hydrogens (tertiary/aromatic N) is 2.